The number of para-hydroxylation sites is 1. The van der Waals surface area contributed by atoms with E-state index in [9.17, 15) is 9.18 Å². The van der Waals surface area contributed by atoms with E-state index in [1.54, 1.807) is 12.1 Å². The molecule has 1 aromatic rings. The summed E-state index contributed by atoms with van der Waals surface area (Å²) in [6.07, 6.45) is 1.10. The summed E-state index contributed by atoms with van der Waals surface area (Å²) in [7, 11) is 0. The molecule has 17 heavy (non-hydrogen) atoms. The van der Waals surface area contributed by atoms with Crippen LogP contribution in [0.1, 0.15) is 12.8 Å². The number of carbonyl (C=O) groups excluding carboxylic acids is 1. The van der Waals surface area contributed by atoms with E-state index >= 15 is 0 Å². The summed E-state index contributed by atoms with van der Waals surface area (Å²) in [6, 6.07) is 6.23. The van der Waals surface area contributed by atoms with Gasteiger partial charge in [-0.15, -0.1) is 0 Å². The van der Waals surface area contributed by atoms with Crippen LogP contribution in [0.4, 0.5) is 10.1 Å². The molecule has 0 spiro atoms. The number of aliphatic hydroxyl groups is 1. The van der Waals surface area contributed by atoms with Gasteiger partial charge >= 0.3 is 0 Å². The van der Waals surface area contributed by atoms with Crippen molar-refractivity contribution in [2.24, 2.45) is 0 Å². The maximum atomic E-state index is 13.2. The van der Waals surface area contributed by atoms with Crippen LogP contribution in [0.3, 0.4) is 0 Å². The fraction of sp³-hybridized carbons (Fsp3) is 0.417. The summed E-state index contributed by atoms with van der Waals surface area (Å²) in [5, 5.41) is 14.5. The Morgan fingerprint density at radius 3 is 2.76 bits per heavy atom. The molecule has 1 saturated carbocycles. The Morgan fingerprint density at radius 2 is 2.12 bits per heavy atom. The summed E-state index contributed by atoms with van der Waals surface area (Å²) >= 11 is 0. The van der Waals surface area contributed by atoms with E-state index in [-0.39, 0.29) is 30.3 Å². The number of hydrogen-bond donors (Lipinski definition) is 3. The second kappa shape index (κ2) is 5.25. The second-order valence-electron chi connectivity index (χ2n) is 4.23. The third kappa shape index (κ3) is 3.25. The molecule has 0 saturated heterocycles. The number of halogens is 1. The molecule has 0 atom stereocenters. The lowest BCUT2D eigenvalue weighted by Crippen LogP contribution is -2.46. The average Bonchev–Trinajstić information content (AvgIpc) is 2.26. The molecule has 1 aliphatic carbocycles. The summed E-state index contributed by atoms with van der Waals surface area (Å²) in [4.78, 5) is 11.5. The number of amides is 1. The van der Waals surface area contributed by atoms with Crippen LogP contribution in [0.15, 0.2) is 24.3 Å². The number of rotatable bonds is 4. The summed E-state index contributed by atoms with van der Waals surface area (Å²) in [6.45, 7) is 0.131. The van der Waals surface area contributed by atoms with Crippen LogP contribution in [0.5, 0.6) is 0 Å². The Morgan fingerprint density at radius 1 is 1.41 bits per heavy atom. The van der Waals surface area contributed by atoms with Gasteiger partial charge in [0.15, 0.2) is 0 Å². The van der Waals surface area contributed by atoms with Crippen molar-refractivity contribution in [3.63, 3.8) is 0 Å². The zero-order chi connectivity index (χ0) is 12.3. The molecule has 0 aromatic heterocycles. The maximum Gasteiger partial charge on any atom is 0.238 e. The molecule has 92 valence electrons. The van der Waals surface area contributed by atoms with Gasteiger partial charge in [0.05, 0.1) is 18.3 Å². The van der Waals surface area contributed by atoms with Gasteiger partial charge in [-0.2, -0.15) is 0 Å². The van der Waals surface area contributed by atoms with Gasteiger partial charge in [0.2, 0.25) is 5.91 Å². The molecule has 0 bridgehead atoms. The Kier molecular flexibility index (Phi) is 3.71. The normalized spacial score (nSPS) is 22.9. The highest BCUT2D eigenvalue weighted by Crippen LogP contribution is 2.19. The van der Waals surface area contributed by atoms with Crippen LogP contribution in [-0.4, -0.2) is 29.7 Å². The molecular formula is C12H15FN2O2. The van der Waals surface area contributed by atoms with Gasteiger partial charge in [-0.1, -0.05) is 12.1 Å². The SMILES string of the molecule is O=C(CNC1CC(O)C1)Nc1ccccc1F. The van der Waals surface area contributed by atoms with Crippen molar-refractivity contribution in [2.75, 3.05) is 11.9 Å². The van der Waals surface area contributed by atoms with Gasteiger partial charge in [-0.3, -0.25) is 4.79 Å². The lowest BCUT2D eigenvalue weighted by molar-refractivity contribution is -0.115. The van der Waals surface area contributed by atoms with Crippen molar-refractivity contribution in [3.8, 4) is 0 Å². The molecule has 2 rings (SSSR count). The second-order valence-corrected chi connectivity index (χ2v) is 4.23. The fourth-order valence-corrected chi connectivity index (χ4v) is 1.75. The molecule has 0 unspecified atom stereocenters. The Balaban J connectivity index is 1.76. The van der Waals surface area contributed by atoms with Gasteiger partial charge in [-0.25, -0.2) is 4.39 Å². The Hall–Kier alpha value is -1.46. The van der Waals surface area contributed by atoms with E-state index in [4.69, 9.17) is 5.11 Å². The largest absolute Gasteiger partial charge is 0.393 e. The van der Waals surface area contributed by atoms with E-state index < -0.39 is 5.82 Å². The summed E-state index contributed by atoms with van der Waals surface area (Å²) < 4.78 is 13.2. The lowest BCUT2D eigenvalue weighted by atomic mass is 9.89. The number of carbonyl (C=O) groups is 1. The molecule has 1 aromatic carbocycles. The van der Waals surface area contributed by atoms with Gasteiger partial charge < -0.3 is 15.7 Å². The maximum absolute atomic E-state index is 13.2. The first-order chi connectivity index (χ1) is 8.15. The molecule has 1 fully saturated rings. The van der Waals surface area contributed by atoms with Crippen LogP contribution in [0, 0.1) is 5.82 Å². The van der Waals surface area contributed by atoms with Gasteiger partial charge in [0, 0.05) is 6.04 Å². The molecule has 4 nitrogen and oxygen atoms in total. The molecular weight excluding hydrogens is 223 g/mol. The van der Waals surface area contributed by atoms with Crippen LogP contribution < -0.4 is 10.6 Å². The molecule has 3 N–H and O–H groups in total. The number of anilines is 1. The smallest absolute Gasteiger partial charge is 0.238 e. The Bertz CT molecular complexity index is 405. The van der Waals surface area contributed by atoms with Crippen molar-refractivity contribution in [2.45, 2.75) is 25.0 Å². The number of aliphatic hydroxyl groups excluding tert-OH is 1. The van der Waals surface area contributed by atoms with Gasteiger partial charge in [0.25, 0.3) is 0 Å². The van der Waals surface area contributed by atoms with Crippen molar-refractivity contribution in [1.29, 1.82) is 0 Å². The first-order valence-electron chi connectivity index (χ1n) is 5.61. The molecule has 0 heterocycles. The van der Waals surface area contributed by atoms with Crippen LogP contribution >= 0.6 is 0 Å². The monoisotopic (exact) mass is 238 g/mol. The van der Waals surface area contributed by atoms with E-state index in [1.807, 2.05) is 0 Å². The molecule has 1 amide bonds. The first kappa shape index (κ1) is 12.0. The molecule has 0 aliphatic heterocycles. The Labute approximate surface area is 98.8 Å². The van der Waals surface area contributed by atoms with Gasteiger partial charge in [-0.05, 0) is 25.0 Å². The summed E-state index contributed by atoms with van der Waals surface area (Å²) in [5.41, 5.74) is 0.188. The number of benzene rings is 1. The third-order valence-corrected chi connectivity index (χ3v) is 2.81. The highest BCUT2D eigenvalue weighted by Gasteiger charge is 2.26. The quantitative estimate of drug-likeness (QED) is 0.729. The molecule has 0 radical (unpaired) electrons. The minimum absolute atomic E-state index is 0.131. The zero-order valence-electron chi connectivity index (χ0n) is 9.32. The highest BCUT2D eigenvalue weighted by atomic mass is 19.1. The van der Waals surface area contributed by atoms with E-state index in [2.05, 4.69) is 10.6 Å². The van der Waals surface area contributed by atoms with E-state index in [0.717, 1.165) is 0 Å². The van der Waals surface area contributed by atoms with E-state index in [0.29, 0.717) is 12.8 Å². The first-order valence-corrected chi connectivity index (χ1v) is 5.61. The third-order valence-electron chi connectivity index (χ3n) is 2.81. The molecule has 5 heteroatoms. The van der Waals surface area contributed by atoms with Crippen molar-refractivity contribution in [1.82, 2.24) is 5.32 Å². The van der Waals surface area contributed by atoms with Crippen molar-refractivity contribution in [3.05, 3.63) is 30.1 Å². The van der Waals surface area contributed by atoms with Crippen molar-refractivity contribution < 1.29 is 14.3 Å². The predicted molar refractivity (Wildman–Crippen MR) is 62.1 cm³/mol. The van der Waals surface area contributed by atoms with Crippen LogP contribution in [-0.2, 0) is 4.79 Å². The standard InChI is InChI=1S/C12H15FN2O2/c13-10-3-1-2-4-11(10)15-12(17)7-14-8-5-9(16)6-8/h1-4,8-9,14,16H,5-7H2,(H,15,17). The van der Waals surface area contributed by atoms with Crippen LogP contribution in [0.25, 0.3) is 0 Å². The van der Waals surface area contributed by atoms with Crippen LogP contribution in [0.2, 0.25) is 0 Å². The lowest BCUT2D eigenvalue weighted by Gasteiger charge is -2.31. The number of hydrogen-bond acceptors (Lipinski definition) is 3. The highest BCUT2D eigenvalue weighted by molar-refractivity contribution is 5.92. The topological polar surface area (TPSA) is 61.4 Å². The summed E-state index contributed by atoms with van der Waals surface area (Å²) in [5.74, 6) is -0.726. The minimum atomic E-state index is -0.445. The average molecular weight is 238 g/mol. The molecule has 1 aliphatic rings. The fourth-order valence-electron chi connectivity index (χ4n) is 1.75. The predicted octanol–water partition coefficient (Wildman–Crippen LogP) is 0.877. The zero-order valence-corrected chi connectivity index (χ0v) is 9.32. The van der Waals surface area contributed by atoms with Gasteiger partial charge in [0.1, 0.15) is 5.82 Å². The van der Waals surface area contributed by atoms with Crippen molar-refractivity contribution >= 4 is 11.6 Å². The van der Waals surface area contributed by atoms with E-state index in [1.165, 1.54) is 12.1 Å². The number of nitrogens with one attached hydrogen (secondary N) is 2. The minimum Gasteiger partial charge on any atom is -0.393 e.